The number of aromatic amines is 1. The van der Waals surface area contributed by atoms with Gasteiger partial charge in [-0.2, -0.15) is 4.98 Å². The van der Waals surface area contributed by atoms with Crippen LogP contribution in [0.4, 0.5) is 5.95 Å². The lowest BCUT2D eigenvalue weighted by molar-refractivity contribution is 0.480. The minimum atomic E-state index is 0.484. The molecule has 1 saturated heterocycles. The highest BCUT2D eigenvalue weighted by Gasteiger charge is 2.19. The van der Waals surface area contributed by atoms with Gasteiger partial charge in [-0.25, -0.2) is 0 Å². The van der Waals surface area contributed by atoms with Gasteiger partial charge in [-0.05, 0) is 6.92 Å². The normalized spacial score (nSPS) is 20.1. The topological polar surface area (TPSA) is 56.8 Å². The Balaban J connectivity index is 1.81. The molecule has 2 heterocycles. The average Bonchev–Trinajstić information content (AvgIpc) is 2.89. The third-order valence-electron chi connectivity index (χ3n) is 3.17. The molecular formula is C13H17N5. The lowest BCUT2D eigenvalue weighted by Gasteiger charge is -2.30. The fourth-order valence-electron chi connectivity index (χ4n) is 2.23. The molecule has 3 rings (SSSR count). The molecule has 1 aliphatic rings. The smallest absolute Gasteiger partial charge is 0.245 e. The summed E-state index contributed by atoms with van der Waals surface area (Å²) in [4.78, 5) is 6.78. The van der Waals surface area contributed by atoms with Crippen molar-refractivity contribution in [2.45, 2.75) is 13.0 Å². The van der Waals surface area contributed by atoms with Gasteiger partial charge in [-0.3, -0.25) is 5.10 Å². The molecule has 1 aliphatic heterocycles. The number of nitrogens with one attached hydrogen (secondary N) is 2. The number of piperazine rings is 1. The van der Waals surface area contributed by atoms with Crippen molar-refractivity contribution in [1.82, 2.24) is 20.5 Å². The van der Waals surface area contributed by atoms with E-state index in [9.17, 15) is 0 Å². The standard InChI is InChI=1S/C13H17N5/c1-10-9-18(8-7-14-10)13-15-12(16-17-13)11-5-3-2-4-6-11/h2-6,10,14H,7-9H2,1H3,(H,15,16,17). The molecule has 1 fully saturated rings. The fourth-order valence-corrected chi connectivity index (χ4v) is 2.23. The van der Waals surface area contributed by atoms with Crippen LogP contribution in [0.2, 0.25) is 0 Å². The molecule has 2 N–H and O–H groups in total. The zero-order valence-corrected chi connectivity index (χ0v) is 10.4. The predicted molar refractivity (Wildman–Crippen MR) is 71.5 cm³/mol. The second kappa shape index (κ2) is 4.78. The molecule has 1 unspecified atom stereocenters. The van der Waals surface area contributed by atoms with Gasteiger partial charge in [-0.1, -0.05) is 30.3 Å². The van der Waals surface area contributed by atoms with E-state index >= 15 is 0 Å². The molecule has 18 heavy (non-hydrogen) atoms. The summed E-state index contributed by atoms with van der Waals surface area (Å²) in [5.41, 5.74) is 1.07. The van der Waals surface area contributed by atoms with Crippen LogP contribution in [0.25, 0.3) is 11.4 Å². The Morgan fingerprint density at radius 3 is 2.89 bits per heavy atom. The van der Waals surface area contributed by atoms with Crippen LogP contribution >= 0.6 is 0 Å². The summed E-state index contributed by atoms with van der Waals surface area (Å²) in [5.74, 6) is 1.62. The Hall–Kier alpha value is -1.88. The first-order chi connectivity index (χ1) is 8.83. The maximum atomic E-state index is 4.57. The number of rotatable bonds is 2. The van der Waals surface area contributed by atoms with Crippen LogP contribution in [-0.4, -0.2) is 40.9 Å². The highest BCUT2D eigenvalue weighted by Crippen LogP contribution is 2.17. The molecule has 1 aromatic carbocycles. The minimum absolute atomic E-state index is 0.484. The number of benzene rings is 1. The Morgan fingerprint density at radius 2 is 2.11 bits per heavy atom. The Bertz CT molecular complexity index is 507. The van der Waals surface area contributed by atoms with E-state index in [0.29, 0.717) is 6.04 Å². The van der Waals surface area contributed by atoms with Crippen molar-refractivity contribution in [2.75, 3.05) is 24.5 Å². The highest BCUT2D eigenvalue weighted by molar-refractivity contribution is 5.56. The second-order valence-electron chi connectivity index (χ2n) is 4.65. The van der Waals surface area contributed by atoms with Crippen molar-refractivity contribution in [3.8, 4) is 11.4 Å². The predicted octanol–water partition coefficient (Wildman–Crippen LogP) is 1.27. The first kappa shape index (κ1) is 11.2. The number of aromatic nitrogens is 3. The summed E-state index contributed by atoms with van der Waals surface area (Å²) in [6, 6.07) is 10.6. The molecule has 0 radical (unpaired) electrons. The monoisotopic (exact) mass is 243 g/mol. The van der Waals surface area contributed by atoms with Crippen LogP contribution in [-0.2, 0) is 0 Å². The fraction of sp³-hybridized carbons (Fsp3) is 0.385. The molecule has 1 aromatic heterocycles. The third-order valence-corrected chi connectivity index (χ3v) is 3.17. The molecule has 2 aromatic rings. The summed E-state index contributed by atoms with van der Waals surface area (Å²) in [6.45, 7) is 5.07. The van der Waals surface area contributed by atoms with Gasteiger partial charge in [0.05, 0.1) is 0 Å². The molecule has 94 valence electrons. The molecule has 0 spiro atoms. The molecule has 5 heteroatoms. The summed E-state index contributed by atoms with van der Waals surface area (Å²) in [6.07, 6.45) is 0. The quantitative estimate of drug-likeness (QED) is 0.834. The van der Waals surface area contributed by atoms with Gasteiger partial charge in [0.15, 0.2) is 5.82 Å². The van der Waals surface area contributed by atoms with Crippen molar-refractivity contribution in [3.05, 3.63) is 30.3 Å². The lowest BCUT2D eigenvalue weighted by Crippen LogP contribution is -2.49. The zero-order valence-electron chi connectivity index (χ0n) is 10.4. The maximum absolute atomic E-state index is 4.57. The summed E-state index contributed by atoms with van der Waals surface area (Å²) < 4.78 is 0. The maximum Gasteiger partial charge on any atom is 0.245 e. The van der Waals surface area contributed by atoms with Crippen molar-refractivity contribution >= 4 is 5.95 Å². The van der Waals surface area contributed by atoms with E-state index in [0.717, 1.165) is 37.0 Å². The first-order valence-corrected chi connectivity index (χ1v) is 6.29. The van der Waals surface area contributed by atoms with Crippen LogP contribution in [0.5, 0.6) is 0 Å². The molecular weight excluding hydrogens is 226 g/mol. The summed E-state index contributed by atoms with van der Waals surface area (Å²) >= 11 is 0. The lowest BCUT2D eigenvalue weighted by atomic mass is 10.2. The third kappa shape index (κ3) is 2.22. The average molecular weight is 243 g/mol. The van der Waals surface area contributed by atoms with E-state index in [4.69, 9.17) is 0 Å². The van der Waals surface area contributed by atoms with E-state index in [2.05, 4.69) is 32.3 Å². The number of H-pyrrole nitrogens is 1. The summed E-state index contributed by atoms with van der Waals surface area (Å²) in [5, 5.41) is 10.7. The van der Waals surface area contributed by atoms with Crippen LogP contribution in [0.15, 0.2) is 30.3 Å². The van der Waals surface area contributed by atoms with E-state index in [1.54, 1.807) is 0 Å². The Morgan fingerprint density at radius 1 is 1.28 bits per heavy atom. The molecule has 0 bridgehead atoms. The van der Waals surface area contributed by atoms with E-state index in [1.165, 1.54) is 0 Å². The van der Waals surface area contributed by atoms with Crippen molar-refractivity contribution in [1.29, 1.82) is 0 Å². The minimum Gasteiger partial charge on any atom is -0.337 e. The SMILES string of the molecule is CC1CN(c2n[nH]c(-c3ccccc3)n2)CCN1. The number of anilines is 1. The zero-order chi connectivity index (χ0) is 12.4. The number of hydrogen-bond acceptors (Lipinski definition) is 4. The van der Waals surface area contributed by atoms with Gasteiger partial charge in [0.1, 0.15) is 0 Å². The second-order valence-corrected chi connectivity index (χ2v) is 4.65. The van der Waals surface area contributed by atoms with Crippen LogP contribution in [0.1, 0.15) is 6.92 Å². The van der Waals surface area contributed by atoms with E-state index in [-0.39, 0.29) is 0 Å². The van der Waals surface area contributed by atoms with Crippen molar-refractivity contribution in [2.24, 2.45) is 0 Å². The van der Waals surface area contributed by atoms with E-state index in [1.807, 2.05) is 30.3 Å². The summed E-state index contributed by atoms with van der Waals surface area (Å²) in [7, 11) is 0. The molecule has 1 atom stereocenters. The molecule has 0 amide bonds. The van der Waals surface area contributed by atoms with Gasteiger partial charge in [0.25, 0.3) is 0 Å². The van der Waals surface area contributed by atoms with Gasteiger partial charge < -0.3 is 10.2 Å². The first-order valence-electron chi connectivity index (χ1n) is 6.29. The number of hydrogen-bond donors (Lipinski definition) is 2. The Labute approximate surface area is 106 Å². The van der Waals surface area contributed by atoms with Gasteiger partial charge in [0.2, 0.25) is 5.95 Å². The number of nitrogens with zero attached hydrogens (tertiary/aromatic N) is 3. The highest BCUT2D eigenvalue weighted by atomic mass is 15.4. The van der Waals surface area contributed by atoms with Gasteiger partial charge in [-0.15, -0.1) is 5.10 Å². The Kier molecular flexibility index (Phi) is 2.98. The van der Waals surface area contributed by atoms with Gasteiger partial charge in [0, 0.05) is 31.2 Å². The van der Waals surface area contributed by atoms with Crippen molar-refractivity contribution in [3.63, 3.8) is 0 Å². The van der Waals surface area contributed by atoms with Crippen LogP contribution in [0.3, 0.4) is 0 Å². The molecule has 0 aliphatic carbocycles. The van der Waals surface area contributed by atoms with E-state index < -0.39 is 0 Å². The largest absolute Gasteiger partial charge is 0.337 e. The van der Waals surface area contributed by atoms with Crippen LogP contribution in [0, 0.1) is 0 Å². The van der Waals surface area contributed by atoms with Crippen molar-refractivity contribution < 1.29 is 0 Å². The van der Waals surface area contributed by atoms with Gasteiger partial charge >= 0.3 is 0 Å². The van der Waals surface area contributed by atoms with Crippen LogP contribution < -0.4 is 10.2 Å². The molecule has 5 nitrogen and oxygen atoms in total. The molecule has 0 saturated carbocycles.